The number of benzene rings is 1. The third-order valence-electron chi connectivity index (χ3n) is 6.13. The lowest BCUT2D eigenvalue weighted by molar-refractivity contribution is -0.119. The Morgan fingerprint density at radius 2 is 1.80 bits per heavy atom. The Bertz CT molecular complexity index is 842. The molecule has 4 rings (SSSR count). The van der Waals surface area contributed by atoms with Gasteiger partial charge >= 0.3 is 0 Å². The number of sulfonamides is 1. The first-order chi connectivity index (χ1) is 14.5. The molecule has 1 saturated carbocycles. The molecule has 0 spiro atoms. The molecule has 8 nitrogen and oxygen atoms in total. The number of carbonyl (C=O) groups is 1. The lowest BCUT2D eigenvalue weighted by Gasteiger charge is -2.26. The first-order valence-electron chi connectivity index (χ1n) is 10.9. The van der Waals surface area contributed by atoms with E-state index in [-0.39, 0.29) is 22.8 Å². The van der Waals surface area contributed by atoms with Gasteiger partial charge in [-0.15, -0.1) is 0 Å². The van der Waals surface area contributed by atoms with Crippen molar-refractivity contribution in [2.75, 3.05) is 50.1 Å². The zero-order chi connectivity index (χ0) is 21.0. The van der Waals surface area contributed by atoms with Gasteiger partial charge in [0.1, 0.15) is 0 Å². The highest BCUT2D eigenvalue weighted by molar-refractivity contribution is 7.89. The van der Waals surface area contributed by atoms with Crippen molar-refractivity contribution in [2.24, 2.45) is 5.92 Å². The quantitative estimate of drug-likeness (QED) is 0.680. The molecular formula is C21H31N3O5S. The van der Waals surface area contributed by atoms with Crippen LogP contribution < -0.4 is 10.6 Å². The van der Waals surface area contributed by atoms with E-state index in [0.717, 1.165) is 50.8 Å². The summed E-state index contributed by atoms with van der Waals surface area (Å²) in [5.41, 5.74) is 1.23. The molecule has 3 aliphatic rings. The standard InChI is InChI=1S/C21H31N3O5S/c25-21(16-4-1-2-5-16)23-20-14-18(30(26,27)24-9-12-28-13-10-24)7-8-19(20)22-15-17-6-3-11-29-17/h7-8,14,16-17,22H,1-6,9-13,15H2,(H,23,25). The van der Waals surface area contributed by atoms with Crippen molar-refractivity contribution in [3.63, 3.8) is 0 Å². The molecule has 1 aliphatic carbocycles. The number of rotatable bonds is 7. The second-order valence-electron chi connectivity index (χ2n) is 8.21. The van der Waals surface area contributed by atoms with Gasteiger partial charge in [0.2, 0.25) is 15.9 Å². The smallest absolute Gasteiger partial charge is 0.243 e. The van der Waals surface area contributed by atoms with Crippen LogP contribution in [0.3, 0.4) is 0 Å². The van der Waals surface area contributed by atoms with E-state index in [1.807, 2.05) is 0 Å². The summed E-state index contributed by atoms with van der Waals surface area (Å²) in [4.78, 5) is 12.9. The van der Waals surface area contributed by atoms with E-state index < -0.39 is 10.0 Å². The first kappa shape index (κ1) is 21.5. The molecule has 166 valence electrons. The molecule has 0 radical (unpaired) electrons. The van der Waals surface area contributed by atoms with Gasteiger partial charge in [-0.1, -0.05) is 12.8 Å². The van der Waals surface area contributed by atoms with Gasteiger partial charge in [0.15, 0.2) is 0 Å². The van der Waals surface area contributed by atoms with Crippen molar-refractivity contribution in [3.05, 3.63) is 18.2 Å². The van der Waals surface area contributed by atoms with Gasteiger partial charge in [-0.05, 0) is 43.9 Å². The normalized spacial score (nSPS) is 23.5. The number of hydrogen-bond donors (Lipinski definition) is 2. The molecule has 3 fully saturated rings. The molecule has 0 bridgehead atoms. The predicted molar refractivity (Wildman–Crippen MR) is 114 cm³/mol. The number of ether oxygens (including phenoxy) is 2. The van der Waals surface area contributed by atoms with E-state index in [9.17, 15) is 13.2 Å². The second kappa shape index (κ2) is 9.64. The summed E-state index contributed by atoms with van der Waals surface area (Å²) in [6, 6.07) is 4.93. The van der Waals surface area contributed by atoms with Crippen molar-refractivity contribution in [2.45, 2.75) is 49.5 Å². The van der Waals surface area contributed by atoms with Crippen LogP contribution >= 0.6 is 0 Å². The Morgan fingerprint density at radius 1 is 1.03 bits per heavy atom. The zero-order valence-corrected chi connectivity index (χ0v) is 18.1. The lowest BCUT2D eigenvalue weighted by atomic mass is 10.1. The van der Waals surface area contributed by atoms with Crippen molar-refractivity contribution in [1.82, 2.24) is 4.31 Å². The van der Waals surface area contributed by atoms with Gasteiger partial charge in [0.05, 0.1) is 35.6 Å². The van der Waals surface area contributed by atoms with Gasteiger partial charge in [-0.25, -0.2) is 8.42 Å². The molecule has 2 N–H and O–H groups in total. The summed E-state index contributed by atoms with van der Waals surface area (Å²) in [5.74, 6) is -0.0379. The molecule has 1 unspecified atom stereocenters. The predicted octanol–water partition coefficient (Wildman–Crippen LogP) is 2.43. The Morgan fingerprint density at radius 3 is 2.50 bits per heavy atom. The molecule has 1 aromatic rings. The monoisotopic (exact) mass is 437 g/mol. The third-order valence-corrected chi connectivity index (χ3v) is 8.02. The SMILES string of the molecule is O=C(Nc1cc(S(=O)(=O)N2CCOCC2)ccc1NCC1CCCO1)C1CCCC1. The summed E-state index contributed by atoms with van der Waals surface area (Å²) in [6.45, 7) is 2.86. The van der Waals surface area contributed by atoms with Gasteiger partial charge in [0, 0.05) is 32.2 Å². The topological polar surface area (TPSA) is 97.0 Å². The summed E-state index contributed by atoms with van der Waals surface area (Å²) in [6.07, 6.45) is 6.09. The number of morpholine rings is 1. The lowest BCUT2D eigenvalue weighted by Crippen LogP contribution is -2.40. The van der Waals surface area contributed by atoms with Gasteiger partial charge in [-0.3, -0.25) is 4.79 Å². The maximum absolute atomic E-state index is 13.1. The van der Waals surface area contributed by atoms with Gasteiger partial charge < -0.3 is 20.1 Å². The maximum Gasteiger partial charge on any atom is 0.243 e. The highest BCUT2D eigenvalue weighted by Gasteiger charge is 2.28. The summed E-state index contributed by atoms with van der Waals surface area (Å²) in [5, 5.41) is 6.33. The minimum atomic E-state index is -3.64. The minimum absolute atomic E-state index is 0.00415. The van der Waals surface area contributed by atoms with E-state index >= 15 is 0 Å². The Balaban J connectivity index is 1.56. The minimum Gasteiger partial charge on any atom is -0.381 e. The second-order valence-corrected chi connectivity index (χ2v) is 10.1. The number of anilines is 2. The number of carbonyl (C=O) groups excluding carboxylic acids is 1. The average molecular weight is 438 g/mol. The number of nitrogens with one attached hydrogen (secondary N) is 2. The van der Waals surface area contributed by atoms with E-state index in [1.165, 1.54) is 4.31 Å². The number of nitrogens with zero attached hydrogens (tertiary/aromatic N) is 1. The third kappa shape index (κ3) is 4.96. The Kier molecular flexibility index (Phi) is 6.92. The zero-order valence-electron chi connectivity index (χ0n) is 17.3. The molecule has 2 saturated heterocycles. The van der Waals surface area contributed by atoms with Crippen molar-refractivity contribution in [1.29, 1.82) is 0 Å². The van der Waals surface area contributed by atoms with E-state index in [2.05, 4.69) is 10.6 Å². The van der Waals surface area contributed by atoms with E-state index in [0.29, 0.717) is 38.5 Å². The van der Waals surface area contributed by atoms with Gasteiger partial charge in [-0.2, -0.15) is 4.31 Å². The molecule has 1 atom stereocenters. The van der Waals surface area contributed by atoms with Crippen molar-refractivity contribution >= 4 is 27.3 Å². The van der Waals surface area contributed by atoms with E-state index in [4.69, 9.17) is 9.47 Å². The van der Waals surface area contributed by atoms with E-state index in [1.54, 1.807) is 18.2 Å². The summed E-state index contributed by atoms with van der Waals surface area (Å²) >= 11 is 0. The molecule has 0 aromatic heterocycles. The molecule has 2 aliphatic heterocycles. The van der Waals surface area contributed by atoms with Crippen LogP contribution in [0.15, 0.2) is 23.1 Å². The van der Waals surface area contributed by atoms with Crippen LogP contribution in [0.4, 0.5) is 11.4 Å². The summed E-state index contributed by atoms with van der Waals surface area (Å²) in [7, 11) is -3.64. The molecular weight excluding hydrogens is 406 g/mol. The maximum atomic E-state index is 13.1. The van der Waals surface area contributed by atoms with Crippen LogP contribution in [0.2, 0.25) is 0 Å². The fraction of sp³-hybridized carbons (Fsp3) is 0.667. The van der Waals surface area contributed by atoms with Crippen LogP contribution in [0.5, 0.6) is 0 Å². The molecule has 2 heterocycles. The van der Waals surface area contributed by atoms with Crippen LogP contribution in [-0.2, 0) is 24.3 Å². The molecule has 1 amide bonds. The molecule has 1 aromatic carbocycles. The number of amides is 1. The Labute approximate surface area is 178 Å². The van der Waals surface area contributed by atoms with Gasteiger partial charge in [0.25, 0.3) is 0 Å². The van der Waals surface area contributed by atoms with Crippen LogP contribution in [0.1, 0.15) is 38.5 Å². The van der Waals surface area contributed by atoms with Crippen molar-refractivity contribution < 1.29 is 22.7 Å². The van der Waals surface area contributed by atoms with Crippen LogP contribution in [0, 0.1) is 5.92 Å². The van der Waals surface area contributed by atoms with Crippen LogP contribution in [0.25, 0.3) is 0 Å². The number of hydrogen-bond acceptors (Lipinski definition) is 6. The molecule has 30 heavy (non-hydrogen) atoms. The highest BCUT2D eigenvalue weighted by Crippen LogP contribution is 2.31. The first-order valence-corrected chi connectivity index (χ1v) is 12.4. The fourth-order valence-corrected chi connectivity index (χ4v) is 5.76. The largest absolute Gasteiger partial charge is 0.381 e. The average Bonchev–Trinajstić information content (AvgIpc) is 3.47. The summed E-state index contributed by atoms with van der Waals surface area (Å²) < 4.78 is 38.5. The highest BCUT2D eigenvalue weighted by atomic mass is 32.2. The molecule has 9 heteroatoms. The van der Waals surface area contributed by atoms with Crippen molar-refractivity contribution in [3.8, 4) is 0 Å². The van der Waals surface area contributed by atoms with Crippen LogP contribution in [-0.4, -0.2) is 64.2 Å². The fourth-order valence-electron chi connectivity index (χ4n) is 4.33. The Hall–Kier alpha value is -1.68.